The van der Waals surface area contributed by atoms with Crippen LogP contribution in [0.3, 0.4) is 0 Å². The maximum Gasteiger partial charge on any atom is 0.244 e. The number of halogens is 1. The quantitative estimate of drug-likeness (QED) is 0.821. The first-order chi connectivity index (χ1) is 11.5. The summed E-state index contributed by atoms with van der Waals surface area (Å²) in [6, 6.07) is 8.16. The molecule has 0 radical (unpaired) electrons. The molecule has 0 amide bonds. The number of sulfonamides is 1. The molecule has 1 aromatic heterocycles. The minimum atomic E-state index is -3.70. The summed E-state index contributed by atoms with van der Waals surface area (Å²) in [5.41, 5.74) is 0.153. The van der Waals surface area contributed by atoms with Gasteiger partial charge in [0.1, 0.15) is 17.0 Å². The van der Waals surface area contributed by atoms with Gasteiger partial charge >= 0.3 is 0 Å². The lowest BCUT2D eigenvalue weighted by atomic mass is 10.2. The van der Waals surface area contributed by atoms with E-state index in [0.29, 0.717) is 37.1 Å². The van der Waals surface area contributed by atoms with E-state index in [9.17, 15) is 8.42 Å². The maximum atomic E-state index is 12.8. The predicted molar refractivity (Wildman–Crippen MR) is 89.2 cm³/mol. The Hall–Kier alpha value is -2.21. The molecule has 2 aromatic rings. The first-order valence-corrected chi connectivity index (χ1v) is 9.06. The van der Waals surface area contributed by atoms with Crippen molar-refractivity contribution in [2.24, 2.45) is 0 Å². The number of hydrogen-bond acceptors (Lipinski definition) is 6. The number of piperazine rings is 1. The normalized spacial score (nSPS) is 15.9. The van der Waals surface area contributed by atoms with Crippen LogP contribution in [0.4, 0.5) is 5.82 Å². The molecule has 0 aliphatic carbocycles. The first-order valence-electron chi connectivity index (χ1n) is 7.24. The number of rotatable bonds is 3. The molecule has 1 aromatic carbocycles. The van der Waals surface area contributed by atoms with Crippen molar-refractivity contribution < 1.29 is 8.42 Å². The molecule has 2 heterocycles. The van der Waals surface area contributed by atoms with Crippen LogP contribution in [-0.2, 0) is 10.0 Å². The van der Waals surface area contributed by atoms with Gasteiger partial charge < -0.3 is 4.90 Å². The second-order valence-electron chi connectivity index (χ2n) is 5.20. The lowest BCUT2D eigenvalue weighted by molar-refractivity contribution is 0.383. The number of hydrogen-bond donors (Lipinski definition) is 0. The molecule has 0 spiro atoms. The van der Waals surface area contributed by atoms with E-state index in [2.05, 4.69) is 9.97 Å². The zero-order chi connectivity index (χ0) is 17.2. The Balaban J connectivity index is 1.78. The minimum Gasteiger partial charge on any atom is -0.353 e. The fourth-order valence-corrected chi connectivity index (χ4v) is 4.27. The van der Waals surface area contributed by atoms with Gasteiger partial charge in [-0.05, 0) is 12.1 Å². The average molecular weight is 364 g/mol. The van der Waals surface area contributed by atoms with Gasteiger partial charge in [-0.15, -0.1) is 0 Å². The monoisotopic (exact) mass is 363 g/mol. The molecule has 1 fully saturated rings. The highest BCUT2D eigenvalue weighted by molar-refractivity contribution is 7.89. The smallest absolute Gasteiger partial charge is 0.244 e. The molecule has 24 heavy (non-hydrogen) atoms. The van der Waals surface area contributed by atoms with E-state index in [-0.39, 0.29) is 10.5 Å². The largest absolute Gasteiger partial charge is 0.353 e. The van der Waals surface area contributed by atoms with E-state index >= 15 is 0 Å². The highest BCUT2D eigenvalue weighted by atomic mass is 35.5. The van der Waals surface area contributed by atoms with Crippen LogP contribution in [0.5, 0.6) is 0 Å². The van der Waals surface area contributed by atoms with Gasteiger partial charge in [-0.3, -0.25) is 4.98 Å². The summed E-state index contributed by atoms with van der Waals surface area (Å²) < 4.78 is 26.9. The van der Waals surface area contributed by atoms with E-state index in [4.69, 9.17) is 16.9 Å². The summed E-state index contributed by atoms with van der Waals surface area (Å²) in [7, 11) is -3.70. The highest BCUT2D eigenvalue weighted by Crippen LogP contribution is 2.22. The summed E-state index contributed by atoms with van der Waals surface area (Å²) in [6.45, 7) is 1.55. The van der Waals surface area contributed by atoms with Crippen LogP contribution in [0, 0.1) is 11.3 Å². The molecule has 0 atom stereocenters. The van der Waals surface area contributed by atoms with Crippen molar-refractivity contribution in [2.75, 3.05) is 31.1 Å². The zero-order valence-electron chi connectivity index (χ0n) is 12.6. The van der Waals surface area contributed by atoms with Gasteiger partial charge in [-0.25, -0.2) is 13.4 Å². The van der Waals surface area contributed by atoms with Crippen LogP contribution in [-0.4, -0.2) is 48.9 Å². The molecule has 0 bridgehead atoms. The molecular weight excluding hydrogens is 350 g/mol. The molecule has 7 nitrogen and oxygen atoms in total. The zero-order valence-corrected chi connectivity index (χ0v) is 14.2. The summed E-state index contributed by atoms with van der Waals surface area (Å²) in [5.74, 6) is 0.622. The van der Waals surface area contributed by atoms with Crippen LogP contribution < -0.4 is 4.90 Å². The Kier molecular flexibility index (Phi) is 4.66. The topological polar surface area (TPSA) is 90.2 Å². The van der Waals surface area contributed by atoms with Gasteiger partial charge in [0.25, 0.3) is 0 Å². The van der Waals surface area contributed by atoms with Crippen molar-refractivity contribution in [3.05, 3.63) is 47.4 Å². The second kappa shape index (κ2) is 6.73. The molecule has 1 aliphatic heterocycles. The second-order valence-corrected chi connectivity index (χ2v) is 7.49. The van der Waals surface area contributed by atoms with Gasteiger partial charge in [-0.2, -0.15) is 9.57 Å². The lowest BCUT2D eigenvalue weighted by Crippen LogP contribution is -2.49. The third-order valence-corrected chi connectivity index (χ3v) is 5.92. The van der Waals surface area contributed by atoms with Crippen molar-refractivity contribution in [2.45, 2.75) is 4.90 Å². The van der Waals surface area contributed by atoms with E-state index in [0.717, 1.165) is 0 Å². The Morgan fingerprint density at radius 2 is 1.83 bits per heavy atom. The molecule has 3 rings (SSSR count). The number of anilines is 1. The van der Waals surface area contributed by atoms with Gasteiger partial charge in [0.05, 0.1) is 22.9 Å². The number of nitrogens with zero attached hydrogens (tertiary/aromatic N) is 5. The number of nitriles is 1. The number of aromatic nitrogens is 2. The van der Waals surface area contributed by atoms with Crippen molar-refractivity contribution in [1.82, 2.24) is 14.3 Å². The van der Waals surface area contributed by atoms with Crippen molar-refractivity contribution in [1.29, 1.82) is 5.26 Å². The maximum absolute atomic E-state index is 12.8. The van der Waals surface area contributed by atoms with Gasteiger partial charge in [0, 0.05) is 26.2 Å². The fourth-order valence-electron chi connectivity index (χ4n) is 2.57. The van der Waals surface area contributed by atoms with Crippen molar-refractivity contribution in [3.63, 3.8) is 0 Å². The number of benzene rings is 1. The van der Waals surface area contributed by atoms with Gasteiger partial charge in [-0.1, -0.05) is 23.7 Å². The molecule has 1 saturated heterocycles. The average Bonchev–Trinajstić information content (AvgIpc) is 2.62. The molecule has 124 valence electrons. The summed E-state index contributed by atoms with van der Waals surface area (Å²) >= 11 is 5.84. The Labute approximate surface area is 145 Å². The first kappa shape index (κ1) is 16.6. The highest BCUT2D eigenvalue weighted by Gasteiger charge is 2.30. The molecule has 1 aliphatic rings. The Bertz CT molecular complexity index is 889. The summed E-state index contributed by atoms with van der Waals surface area (Å²) in [5, 5.41) is 9.42. The van der Waals surface area contributed by atoms with E-state index in [1.54, 1.807) is 18.3 Å². The fraction of sp³-hybridized carbons (Fsp3) is 0.267. The minimum absolute atomic E-state index is 0.0449. The van der Waals surface area contributed by atoms with Crippen LogP contribution >= 0.6 is 11.6 Å². The Morgan fingerprint density at radius 1 is 1.12 bits per heavy atom. The van der Waals surface area contributed by atoms with Crippen LogP contribution in [0.1, 0.15) is 5.56 Å². The van der Waals surface area contributed by atoms with E-state index in [1.807, 2.05) is 11.0 Å². The molecule has 0 saturated carbocycles. The van der Waals surface area contributed by atoms with Gasteiger partial charge in [0.15, 0.2) is 0 Å². The molecular formula is C15H14ClN5O2S. The molecule has 0 N–H and O–H groups in total. The third-order valence-electron chi connectivity index (χ3n) is 3.78. The standard InChI is InChI=1S/C15H14ClN5O2S/c16-14-10-18-11-15(19-14)20-5-7-21(8-6-20)24(22,23)13-4-2-1-3-12(13)9-17/h1-4,10-11H,5-8H2. The summed E-state index contributed by atoms with van der Waals surface area (Å²) in [6.07, 6.45) is 3.05. The summed E-state index contributed by atoms with van der Waals surface area (Å²) in [4.78, 5) is 10.2. The predicted octanol–water partition coefficient (Wildman–Crippen LogP) is 1.51. The Morgan fingerprint density at radius 3 is 2.50 bits per heavy atom. The molecule has 9 heteroatoms. The van der Waals surface area contributed by atoms with Crippen molar-refractivity contribution >= 4 is 27.4 Å². The van der Waals surface area contributed by atoms with Gasteiger partial charge in [0.2, 0.25) is 10.0 Å². The SMILES string of the molecule is N#Cc1ccccc1S(=O)(=O)N1CCN(c2cncc(Cl)n2)CC1. The van der Waals surface area contributed by atoms with E-state index in [1.165, 1.54) is 22.6 Å². The van der Waals surface area contributed by atoms with Crippen LogP contribution in [0.15, 0.2) is 41.6 Å². The van der Waals surface area contributed by atoms with Crippen LogP contribution in [0.25, 0.3) is 0 Å². The van der Waals surface area contributed by atoms with Crippen molar-refractivity contribution in [3.8, 4) is 6.07 Å². The van der Waals surface area contributed by atoms with E-state index < -0.39 is 10.0 Å². The third kappa shape index (κ3) is 3.19. The molecule has 0 unspecified atom stereocenters. The van der Waals surface area contributed by atoms with Crippen LogP contribution in [0.2, 0.25) is 5.15 Å². The lowest BCUT2D eigenvalue weighted by Gasteiger charge is -2.34.